The molecule has 44 heavy (non-hydrogen) atoms. The number of piperidine rings is 1. The van der Waals surface area contributed by atoms with Gasteiger partial charge in [0.1, 0.15) is 17.7 Å². The lowest BCUT2D eigenvalue weighted by atomic mass is 9.78. The SMILES string of the molecule is CN1CCc2cc(N3CCCC4(CCN4C(=O)n4cnc(F)n4)C3)n3cccc(c23)-c2c(C(F)(F)F)cc3c(ncn3C)c21. The van der Waals surface area contributed by atoms with Gasteiger partial charge < -0.3 is 23.7 Å². The molecule has 1 amide bonds. The molecule has 2 saturated heterocycles. The second kappa shape index (κ2) is 9.19. The zero-order valence-corrected chi connectivity index (χ0v) is 24.1. The van der Waals surface area contributed by atoms with Crippen molar-refractivity contribution in [1.82, 2.24) is 33.6 Å². The Morgan fingerprint density at radius 2 is 1.89 bits per heavy atom. The highest BCUT2D eigenvalue weighted by molar-refractivity contribution is 6.04. The Morgan fingerprint density at radius 1 is 1.05 bits per heavy atom. The molecule has 2 fully saturated rings. The number of imidazole rings is 1. The van der Waals surface area contributed by atoms with E-state index in [0.29, 0.717) is 48.3 Å². The summed E-state index contributed by atoms with van der Waals surface area (Å²) >= 11 is 0. The van der Waals surface area contributed by atoms with Crippen molar-refractivity contribution in [2.75, 3.05) is 43.0 Å². The van der Waals surface area contributed by atoms with Crippen molar-refractivity contribution in [3.63, 3.8) is 0 Å². The Balaban J connectivity index is 1.26. The summed E-state index contributed by atoms with van der Waals surface area (Å²) < 4.78 is 62.4. The fraction of sp³-hybridized carbons (Fsp3) is 0.400. The molecule has 14 heteroatoms. The summed E-state index contributed by atoms with van der Waals surface area (Å²) in [6, 6.07) is 6.44. The molecule has 3 aliphatic rings. The van der Waals surface area contributed by atoms with Crippen LogP contribution in [-0.2, 0) is 19.6 Å². The Hall–Kier alpha value is -4.62. The Labute approximate surface area is 249 Å². The van der Waals surface area contributed by atoms with E-state index in [4.69, 9.17) is 0 Å². The van der Waals surface area contributed by atoms with E-state index in [-0.39, 0.29) is 5.56 Å². The second-order valence-electron chi connectivity index (χ2n) is 12.1. The largest absolute Gasteiger partial charge is 0.417 e. The maximum atomic E-state index is 14.8. The molecule has 1 spiro atoms. The van der Waals surface area contributed by atoms with Gasteiger partial charge in [-0.05, 0) is 49.4 Å². The third kappa shape index (κ3) is 3.78. The van der Waals surface area contributed by atoms with Crippen LogP contribution in [0.5, 0.6) is 0 Å². The van der Waals surface area contributed by atoms with Crippen molar-refractivity contribution in [2.24, 2.45) is 7.05 Å². The van der Waals surface area contributed by atoms with Crippen LogP contribution in [0.1, 0.15) is 30.4 Å². The number of likely N-dealkylation sites (N-methyl/N-ethyl adjacent to an activating group) is 1. The topological polar surface area (TPSA) is 79.7 Å². The van der Waals surface area contributed by atoms with Crippen molar-refractivity contribution in [3.8, 4) is 11.1 Å². The molecule has 8 rings (SSSR count). The highest BCUT2D eigenvalue weighted by Crippen LogP contribution is 2.49. The summed E-state index contributed by atoms with van der Waals surface area (Å²) in [6.45, 7) is 2.32. The number of carbonyl (C=O) groups is 1. The van der Waals surface area contributed by atoms with Crippen LogP contribution in [0.3, 0.4) is 0 Å². The molecule has 228 valence electrons. The first-order chi connectivity index (χ1) is 21.1. The highest BCUT2D eigenvalue weighted by Gasteiger charge is 2.51. The molecule has 1 unspecified atom stereocenters. The van der Waals surface area contributed by atoms with Gasteiger partial charge in [-0.15, -0.1) is 5.10 Å². The molecule has 1 atom stereocenters. The number of carbonyl (C=O) groups excluding carboxylic acids is 1. The third-order valence-corrected chi connectivity index (χ3v) is 9.66. The van der Waals surface area contributed by atoms with E-state index in [2.05, 4.69) is 26.0 Å². The minimum Gasteiger partial charge on any atom is -0.372 e. The normalized spacial score (nSPS) is 20.3. The van der Waals surface area contributed by atoms with E-state index in [9.17, 15) is 22.4 Å². The van der Waals surface area contributed by atoms with Crippen molar-refractivity contribution >= 4 is 34.1 Å². The smallest absolute Gasteiger partial charge is 0.372 e. The lowest BCUT2D eigenvalue weighted by Crippen LogP contribution is -2.69. The van der Waals surface area contributed by atoms with Crippen LogP contribution in [-0.4, -0.2) is 78.4 Å². The molecular weight excluding hydrogens is 578 g/mol. The number of amides is 1. The predicted molar refractivity (Wildman–Crippen MR) is 155 cm³/mol. The summed E-state index contributed by atoms with van der Waals surface area (Å²) in [6.07, 6.45) is 2.03. The van der Waals surface area contributed by atoms with E-state index in [1.807, 2.05) is 22.5 Å². The van der Waals surface area contributed by atoms with Crippen LogP contribution in [0.15, 0.2) is 43.1 Å². The van der Waals surface area contributed by atoms with Gasteiger partial charge in [-0.2, -0.15) is 27.2 Å². The molecule has 4 aromatic heterocycles. The zero-order chi connectivity index (χ0) is 30.5. The minimum atomic E-state index is -4.59. The van der Waals surface area contributed by atoms with Crippen LogP contribution < -0.4 is 9.80 Å². The van der Waals surface area contributed by atoms with Crippen LogP contribution in [0.2, 0.25) is 0 Å². The van der Waals surface area contributed by atoms with Crippen LogP contribution in [0.4, 0.5) is 33.9 Å². The number of rotatable bonds is 1. The van der Waals surface area contributed by atoms with Gasteiger partial charge in [-0.25, -0.2) is 9.78 Å². The maximum Gasteiger partial charge on any atom is 0.417 e. The number of fused-ring (bicyclic) bond motifs is 4. The monoisotopic (exact) mass is 607 g/mol. The van der Waals surface area contributed by atoms with Gasteiger partial charge in [0.25, 0.3) is 0 Å². The molecule has 10 nitrogen and oxygen atoms in total. The predicted octanol–water partition coefficient (Wildman–Crippen LogP) is 4.95. The van der Waals surface area contributed by atoms with E-state index in [1.165, 1.54) is 6.07 Å². The van der Waals surface area contributed by atoms with Gasteiger partial charge in [0, 0.05) is 57.6 Å². The fourth-order valence-electron chi connectivity index (χ4n) is 7.50. The number of hydrogen-bond acceptors (Lipinski definition) is 6. The number of benzene rings is 1. The lowest BCUT2D eigenvalue weighted by Gasteiger charge is -2.56. The van der Waals surface area contributed by atoms with Crippen LogP contribution in [0, 0.1) is 6.08 Å². The molecule has 0 N–H and O–H groups in total. The van der Waals surface area contributed by atoms with E-state index < -0.39 is 29.4 Å². The average molecular weight is 608 g/mol. The number of hydrogen-bond donors (Lipinski definition) is 0. The summed E-state index contributed by atoms with van der Waals surface area (Å²) in [5.41, 5.74) is 2.65. The number of nitrogens with zero attached hydrogens (tertiary/aromatic N) is 9. The number of anilines is 2. The molecular formula is C30H29F4N9O. The van der Waals surface area contributed by atoms with E-state index in [1.54, 1.807) is 35.0 Å². The zero-order valence-electron chi connectivity index (χ0n) is 24.1. The quantitative estimate of drug-likeness (QED) is 0.251. The second-order valence-corrected chi connectivity index (χ2v) is 12.1. The number of alkyl halides is 3. The number of aromatic nitrogens is 6. The fourth-order valence-corrected chi connectivity index (χ4v) is 7.50. The summed E-state index contributed by atoms with van der Waals surface area (Å²) in [7, 11) is 3.53. The van der Waals surface area contributed by atoms with Gasteiger partial charge in [-0.1, -0.05) is 6.07 Å². The molecule has 1 aromatic carbocycles. The molecule has 3 aliphatic heterocycles. The first kappa shape index (κ1) is 27.0. The third-order valence-electron chi connectivity index (χ3n) is 9.66. The molecule has 0 radical (unpaired) electrons. The van der Waals surface area contributed by atoms with Gasteiger partial charge >= 0.3 is 18.3 Å². The van der Waals surface area contributed by atoms with Gasteiger partial charge in [0.15, 0.2) is 0 Å². The Kier molecular flexibility index (Phi) is 5.63. The van der Waals surface area contributed by atoms with Crippen molar-refractivity contribution in [2.45, 2.75) is 37.4 Å². The number of halogens is 4. The van der Waals surface area contributed by atoms with E-state index >= 15 is 0 Å². The summed E-state index contributed by atoms with van der Waals surface area (Å²) in [5.74, 6) is 0.876. The molecule has 0 aliphatic carbocycles. The van der Waals surface area contributed by atoms with Gasteiger partial charge in [0.05, 0.1) is 34.2 Å². The lowest BCUT2D eigenvalue weighted by molar-refractivity contribution is -0.137. The van der Waals surface area contributed by atoms with Crippen molar-refractivity contribution < 1.29 is 22.4 Å². The van der Waals surface area contributed by atoms with Crippen LogP contribution in [0.25, 0.3) is 27.7 Å². The highest BCUT2D eigenvalue weighted by atomic mass is 19.4. The van der Waals surface area contributed by atoms with Crippen molar-refractivity contribution in [1.29, 1.82) is 0 Å². The van der Waals surface area contributed by atoms with Crippen molar-refractivity contribution in [3.05, 3.63) is 60.3 Å². The summed E-state index contributed by atoms with van der Waals surface area (Å²) in [4.78, 5) is 27.0. The first-order valence-corrected chi connectivity index (χ1v) is 14.6. The van der Waals surface area contributed by atoms with Gasteiger partial charge in [0.2, 0.25) is 0 Å². The first-order valence-electron chi connectivity index (χ1n) is 14.6. The van der Waals surface area contributed by atoms with E-state index in [0.717, 1.165) is 53.7 Å². The molecule has 7 heterocycles. The molecule has 0 saturated carbocycles. The van der Waals surface area contributed by atoms with Crippen LogP contribution >= 0.6 is 0 Å². The maximum absolute atomic E-state index is 14.8. The number of aryl methyl sites for hydroxylation is 1. The molecule has 0 bridgehead atoms. The standard InChI is InChI=1S/C30H29F4N9O/c1-38-11-6-18-13-22(40-9-4-7-29(15-40)8-12-42(29)28(44)43-17-36-27(31)37-43)41-10-3-5-19(25(18)41)23-20(30(32,33)34)14-21-24(26(23)38)35-16-39(21)2/h3,5,10,13-14,16-17H,4,6-9,11-12,15H2,1-2H3. The minimum absolute atomic E-state index is 0.133. The van der Waals surface area contributed by atoms with Gasteiger partial charge in [-0.3, -0.25) is 0 Å². The summed E-state index contributed by atoms with van der Waals surface area (Å²) in [5, 5.41) is 3.57. The average Bonchev–Trinajstić information content (AvgIpc) is 3.70. The number of pyridine rings is 1. The Morgan fingerprint density at radius 3 is 2.61 bits per heavy atom. The molecule has 5 aromatic rings. The number of likely N-dealkylation sites (tertiary alicyclic amines) is 1. The Bertz CT molecular complexity index is 1970.